The lowest BCUT2D eigenvalue weighted by Crippen LogP contribution is -2.34. The fraction of sp³-hybridized carbons (Fsp3) is 0.571. The predicted octanol–water partition coefficient (Wildman–Crippen LogP) is 2.58. The van der Waals surface area contributed by atoms with E-state index in [1.807, 2.05) is 12.1 Å². The highest BCUT2D eigenvalue weighted by atomic mass is 15.1. The van der Waals surface area contributed by atoms with Crippen LogP contribution >= 0.6 is 0 Å². The highest BCUT2D eigenvalue weighted by Crippen LogP contribution is 2.21. The van der Waals surface area contributed by atoms with Crippen molar-refractivity contribution in [1.82, 2.24) is 4.90 Å². The van der Waals surface area contributed by atoms with Crippen LogP contribution in [-0.4, -0.2) is 32.1 Å². The summed E-state index contributed by atoms with van der Waals surface area (Å²) >= 11 is 0. The number of aryl methyl sites for hydroxylation is 1. The Balaban J connectivity index is 2.63. The molecular weight excluding hydrogens is 210 g/mol. The van der Waals surface area contributed by atoms with E-state index in [2.05, 4.69) is 51.1 Å². The van der Waals surface area contributed by atoms with E-state index in [-0.39, 0.29) is 5.41 Å². The molecule has 0 amide bonds. The summed E-state index contributed by atoms with van der Waals surface area (Å²) < 4.78 is 0. The van der Waals surface area contributed by atoms with Crippen LogP contribution in [0, 0.1) is 12.3 Å². The average molecular weight is 235 g/mol. The molecule has 3 N–H and O–H groups in total. The molecule has 0 spiro atoms. The van der Waals surface area contributed by atoms with E-state index in [1.165, 1.54) is 5.56 Å². The Bertz CT molecular complexity index is 370. The van der Waals surface area contributed by atoms with Gasteiger partial charge in [0.15, 0.2) is 0 Å². The summed E-state index contributed by atoms with van der Waals surface area (Å²) in [4.78, 5) is 2.22. The predicted molar refractivity (Wildman–Crippen MR) is 76.4 cm³/mol. The molecule has 0 aliphatic carbocycles. The maximum Gasteiger partial charge on any atom is 0.0390 e. The number of rotatable bonds is 5. The topological polar surface area (TPSA) is 41.3 Å². The van der Waals surface area contributed by atoms with Crippen LogP contribution in [0.4, 0.5) is 11.4 Å². The molecule has 0 saturated heterocycles. The first-order valence-electron chi connectivity index (χ1n) is 6.05. The summed E-state index contributed by atoms with van der Waals surface area (Å²) in [6, 6.07) is 5.99. The van der Waals surface area contributed by atoms with Crippen molar-refractivity contribution in [1.29, 1.82) is 0 Å². The third kappa shape index (κ3) is 4.65. The van der Waals surface area contributed by atoms with Crippen molar-refractivity contribution in [2.45, 2.75) is 20.8 Å². The molecule has 0 unspecified atom stereocenters. The number of nitrogens with zero attached hydrogens (tertiary/aromatic N) is 1. The van der Waals surface area contributed by atoms with Crippen LogP contribution in [0.1, 0.15) is 19.4 Å². The quantitative estimate of drug-likeness (QED) is 0.771. The standard InChI is InChI=1S/C14H25N3/c1-11-6-7-12(15)8-13(11)16-9-14(2,3)10-17(4)5/h6-8,16H,9-10,15H2,1-5H3. The lowest BCUT2D eigenvalue weighted by molar-refractivity contribution is 0.254. The van der Waals surface area contributed by atoms with E-state index >= 15 is 0 Å². The van der Waals surface area contributed by atoms with Crippen LogP contribution in [0.5, 0.6) is 0 Å². The Morgan fingerprint density at radius 1 is 1.29 bits per heavy atom. The molecule has 0 aliphatic rings. The molecule has 1 aromatic carbocycles. The third-order valence-corrected chi connectivity index (χ3v) is 2.76. The van der Waals surface area contributed by atoms with E-state index in [9.17, 15) is 0 Å². The van der Waals surface area contributed by atoms with Crippen LogP contribution < -0.4 is 11.1 Å². The van der Waals surface area contributed by atoms with E-state index < -0.39 is 0 Å². The molecule has 0 saturated carbocycles. The normalized spacial score (nSPS) is 11.9. The molecule has 3 heteroatoms. The number of hydrogen-bond donors (Lipinski definition) is 2. The van der Waals surface area contributed by atoms with Gasteiger partial charge in [0, 0.05) is 24.5 Å². The van der Waals surface area contributed by atoms with E-state index in [0.717, 1.165) is 24.5 Å². The second-order valence-electron chi connectivity index (χ2n) is 5.83. The molecule has 0 bridgehead atoms. The molecule has 3 nitrogen and oxygen atoms in total. The van der Waals surface area contributed by atoms with Gasteiger partial charge in [0.25, 0.3) is 0 Å². The first-order chi connectivity index (χ1) is 7.80. The second kappa shape index (κ2) is 5.41. The monoisotopic (exact) mass is 235 g/mol. The van der Waals surface area contributed by atoms with Gasteiger partial charge in [-0.1, -0.05) is 19.9 Å². The van der Waals surface area contributed by atoms with Gasteiger partial charge in [0.05, 0.1) is 0 Å². The van der Waals surface area contributed by atoms with Crippen LogP contribution in [0.3, 0.4) is 0 Å². The minimum absolute atomic E-state index is 0.237. The highest BCUT2D eigenvalue weighted by Gasteiger charge is 2.18. The van der Waals surface area contributed by atoms with Crippen molar-refractivity contribution < 1.29 is 0 Å². The van der Waals surface area contributed by atoms with Gasteiger partial charge in [-0.15, -0.1) is 0 Å². The van der Waals surface area contributed by atoms with Crippen molar-refractivity contribution in [2.75, 3.05) is 38.2 Å². The summed E-state index contributed by atoms with van der Waals surface area (Å²) in [5.74, 6) is 0. The number of nitrogens with one attached hydrogen (secondary N) is 1. The molecule has 0 radical (unpaired) electrons. The van der Waals surface area contributed by atoms with E-state index in [4.69, 9.17) is 5.73 Å². The zero-order valence-corrected chi connectivity index (χ0v) is 11.7. The summed E-state index contributed by atoms with van der Waals surface area (Å²) in [5.41, 5.74) is 9.22. The number of nitrogens with two attached hydrogens (primary N) is 1. The molecule has 0 heterocycles. The molecule has 0 aromatic heterocycles. The van der Waals surface area contributed by atoms with Gasteiger partial charge in [-0.3, -0.25) is 0 Å². The molecular formula is C14H25N3. The first-order valence-corrected chi connectivity index (χ1v) is 6.05. The minimum atomic E-state index is 0.237. The maximum absolute atomic E-state index is 5.80. The van der Waals surface area contributed by atoms with Gasteiger partial charge in [-0.2, -0.15) is 0 Å². The van der Waals surface area contributed by atoms with Crippen LogP contribution in [-0.2, 0) is 0 Å². The number of nitrogen functional groups attached to an aromatic ring is 1. The number of benzene rings is 1. The van der Waals surface area contributed by atoms with Crippen molar-refractivity contribution in [3.05, 3.63) is 23.8 Å². The minimum Gasteiger partial charge on any atom is -0.399 e. The Morgan fingerprint density at radius 3 is 2.53 bits per heavy atom. The molecule has 1 rings (SSSR count). The summed E-state index contributed by atoms with van der Waals surface area (Å²) in [7, 11) is 4.21. The first kappa shape index (κ1) is 13.8. The number of anilines is 2. The number of hydrogen-bond acceptors (Lipinski definition) is 3. The van der Waals surface area contributed by atoms with Crippen LogP contribution in [0.25, 0.3) is 0 Å². The maximum atomic E-state index is 5.80. The SMILES string of the molecule is Cc1ccc(N)cc1NCC(C)(C)CN(C)C. The lowest BCUT2D eigenvalue weighted by Gasteiger charge is -2.29. The van der Waals surface area contributed by atoms with E-state index in [1.54, 1.807) is 0 Å². The molecule has 0 aliphatic heterocycles. The fourth-order valence-corrected chi connectivity index (χ4v) is 2.08. The largest absolute Gasteiger partial charge is 0.399 e. The Kier molecular flexibility index (Phi) is 4.40. The molecule has 0 atom stereocenters. The lowest BCUT2D eigenvalue weighted by atomic mass is 9.92. The van der Waals surface area contributed by atoms with Gasteiger partial charge in [0.2, 0.25) is 0 Å². The molecule has 17 heavy (non-hydrogen) atoms. The summed E-state index contributed by atoms with van der Waals surface area (Å²) in [6.45, 7) is 8.63. The Morgan fingerprint density at radius 2 is 1.94 bits per heavy atom. The van der Waals surface area contributed by atoms with Crippen molar-refractivity contribution in [3.63, 3.8) is 0 Å². The zero-order valence-electron chi connectivity index (χ0n) is 11.7. The van der Waals surface area contributed by atoms with Gasteiger partial charge in [0.1, 0.15) is 0 Å². The van der Waals surface area contributed by atoms with Crippen molar-refractivity contribution >= 4 is 11.4 Å². The fourth-order valence-electron chi connectivity index (χ4n) is 2.08. The summed E-state index contributed by atoms with van der Waals surface area (Å²) in [6.07, 6.45) is 0. The van der Waals surface area contributed by atoms with Gasteiger partial charge < -0.3 is 16.0 Å². The molecule has 96 valence electrons. The Labute approximate surface area is 105 Å². The van der Waals surface area contributed by atoms with Crippen LogP contribution in [0.2, 0.25) is 0 Å². The van der Waals surface area contributed by atoms with Gasteiger partial charge in [-0.05, 0) is 44.1 Å². The van der Waals surface area contributed by atoms with Gasteiger partial charge in [-0.25, -0.2) is 0 Å². The van der Waals surface area contributed by atoms with Gasteiger partial charge >= 0.3 is 0 Å². The third-order valence-electron chi connectivity index (χ3n) is 2.76. The average Bonchev–Trinajstić information content (AvgIpc) is 2.17. The zero-order chi connectivity index (χ0) is 13.1. The second-order valence-corrected chi connectivity index (χ2v) is 5.83. The van der Waals surface area contributed by atoms with Crippen LogP contribution in [0.15, 0.2) is 18.2 Å². The van der Waals surface area contributed by atoms with E-state index in [0.29, 0.717) is 0 Å². The molecule has 0 fully saturated rings. The smallest absolute Gasteiger partial charge is 0.0390 e. The highest BCUT2D eigenvalue weighted by molar-refractivity contribution is 5.59. The Hall–Kier alpha value is -1.22. The summed E-state index contributed by atoms with van der Waals surface area (Å²) in [5, 5.41) is 3.49. The van der Waals surface area contributed by atoms with Crippen molar-refractivity contribution in [2.24, 2.45) is 5.41 Å². The molecule has 1 aromatic rings. The van der Waals surface area contributed by atoms with Crippen molar-refractivity contribution in [3.8, 4) is 0 Å².